The molecule has 0 bridgehead atoms. The SMILES string of the molecule is CC(C)c1cc(Br)ccc1OCC(=O)Nc1nnc(C2CC2)s1. The smallest absolute Gasteiger partial charge is 0.264 e. The molecule has 122 valence electrons. The van der Waals surface area contributed by atoms with Gasteiger partial charge in [0.2, 0.25) is 5.13 Å². The number of nitrogens with one attached hydrogen (secondary N) is 1. The number of hydrogen-bond acceptors (Lipinski definition) is 5. The van der Waals surface area contributed by atoms with Gasteiger partial charge in [0.15, 0.2) is 6.61 Å². The summed E-state index contributed by atoms with van der Waals surface area (Å²) in [6, 6.07) is 5.80. The summed E-state index contributed by atoms with van der Waals surface area (Å²) >= 11 is 4.91. The molecule has 1 saturated carbocycles. The first-order valence-electron chi connectivity index (χ1n) is 7.58. The van der Waals surface area contributed by atoms with E-state index in [-0.39, 0.29) is 12.5 Å². The Kier molecular flexibility index (Phi) is 4.96. The lowest BCUT2D eigenvalue weighted by atomic mass is 10.0. The van der Waals surface area contributed by atoms with Crippen LogP contribution in [0.5, 0.6) is 5.75 Å². The molecule has 0 unspecified atom stereocenters. The number of hydrogen-bond donors (Lipinski definition) is 1. The fourth-order valence-corrected chi connectivity index (χ4v) is 3.49. The molecule has 1 heterocycles. The van der Waals surface area contributed by atoms with E-state index >= 15 is 0 Å². The Morgan fingerprint density at radius 1 is 1.43 bits per heavy atom. The first-order valence-corrected chi connectivity index (χ1v) is 9.19. The van der Waals surface area contributed by atoms with Crippen molar-refractivity contribution in [3.63, 3.8) is 0 Å². The molecule has 23 heavy (non-hydrogen) atoms. The van der Waals surface area contributed by atoms with E-state index in [2.05, 4.69) is 45.3 Å². The highest BCUT2D eigenvalue weighted by molar-refractivity contribution is 9.10. The Labute approximate surface area is 147 Å². The number of amides is 1. The summed E-state index contributed by atoms with van der Waals surface area (Å²) in [7, 11) is 0. The van der Waals surface area contributed by atoms with Crippen LogP contribution in [0.15, 0.2) is 22.7 Å². The van der Waals surface area contributed by atoms with Crippen molar-refractivity contribution < 1.29 is 9.53 Å². The normalized spacial score (nSPS) is 14.1. The van der Waals surface area contributed by atoms with Gasteiger partial charge in [-0.25, -0.2) is 0 Å². The molecule has 1 aromatic carbocycles. The first kappa shape index (κ1) is 16.4. The van der Waals surface area contributed by atoms with Gasteiger partial charge in [-0.2, -0.15) is 0 Å². The molecule has 1 aliphatic carbocycles. The molecule has 7 heteroatoms. The Bertz CT molecular complexity index is 713. The van der Waals surface area contributed by atoms with Crippen molar-refractivity contribution in [2.24, 2.45) is 0 Å². The maximum atomic E-state index is 12.0. The maximum Gasteiger partial charge on any atom is 0.264 e. The quantitative estimate of drug-likeness (QED) is 0.790. The summed E-state index contributed by atoms with van der Waals surface area (Å²) in [5.74, 6) is 1.37. The summed E-state index contributed by atoms with van der Waals surface area (Å²) in [5.41, 5.74) is 1.07. The van der Waals surface area contributed by atoms with Crippen LogP contribution < -0.4 is 10.1 Å². The molecule has 2 aromatic rings. The molecular weight excluding hydrogens is 378 g/mol. The number of nitrogens with zero attached hydrogens (tertiary/aromatic N) is 2. The third kappa shape index (κ3) is 4.29. The van der Waals surface area contributed by atoms with Crippen molar-refractivity contribution in [2.45, 2.75) is 38.5 Å². The van der Waals surface area contributed by atoms with Crippen LogP contribution in [0.1, 0.15) is 49.1 Å². The van der Waals surface area contributed by atoms with Crippen LogP contribution >= 0.6 is 27.3 Å². The third-order valence-corrected chi connectivity index (χ3v) is 5.06. The van der Waals surface area contributed by atoms with Crippen LogP contribution in [0.3, 0.4) is 0 Å². The average Bonchev–Trinajstić information content (AvgIpc) is 3.26. The number of anilines is 1. The van der Waals surface area contributed by atoms with E-state index in [0.29, 0.717) is 17.0 Å². The van der Waals surface area contributed by atoms with E-state index in [0.717, 1.165) is 20.8 Å². The molecule has 0 saturated heterocycles. The molecule has 3 rings (SSSR count). The molecular formula is C16H18BrN3O2S. The molecule has 1 amide bonds. The standard InChI is InChI=1S/C16H18BrN3O2S/c1-9(2)12-7-11(17)5-6-13(12)22-8-14(21)18-16-20-19-15(23-16)10-3-4-10/h5-7,9-10H,3-4,8H2,1-2H3,(H,18,20,21). The van der Waals surface area contributed by atoms with Crippen molar-refractivity contribution in [1.82, 2.24) is 10.2 Å². The molecule has 1 N–H and O–H groups in total. The van der Waals surface area contributed by atoms with E-state index in [1.807, 2.05) is 18.2 Å². The molecule has 0 radical (unpaired) electrons. The van der Waals surface area contributed by atoms with Crippen molar-refractivity contribution in [2.75, 3.05) is 11.9 Å². The van der Waals surface area contributed by atoms with Crippen LogP contribution in [0, 0.1) is 0 Å². The predicted octanol–water partition coefficient (Wildman–Crippen LogP) is 4.32. The minimum absolute atomic E-state index is 0.0420. The lowest BCUT2D eigenvalue weighted by molar-refractivity contribution is -0.118. The number of benzene rings is 1. The van der Waals surface area contributed by atoms with Crippen molar-refractivity contribution >= 4 is 38.3 Å². The second kappa shape index (κ2) is 6.97. The zero-order valence-corrected chi connectivity index (χ0v) is 15.4. The summed E-state index contributed by atoms with van der Waals surface area (Å²) in [6.45, 7) is 4.14. The largest absolute Gasteiger partial charge is 0.483 e. The van der Waals surface area contributed by atoms with Gasteiger partial charge >= 0.3 is 0 Å². The van der Waals surface area contributed by atoms with Gasteiger partial charge in [0, 0.05) is 10.4 Å². The zero-order valence-electron chi connectivity index (χ0n) is 13.0. The lowest BCUT2D eigenvalue weighted by Crippen LogP contribution is -2.20. The van der Waals surface area contributed by atoms with E-state index in [1.54, 1.807) is 0 Å². The summed E-state index contributed by atoms with van der Waals surface area (Å²) < 4.78 is 6.68. The van der Waals surface area contributed by atoms with Gasteiger partial charge in [-0.1, -0.05) is 41.1 Å². The van der Waals surface area contributed by atoms with Crippen molar-refractivity contribution in [3.05, 3.63) is 33.2 Å². The van der Waals surface area contributed by atoms with Gasteiger partial charge in [0.1, 0.15) is 10.8 Å². The molecule has 1 fully saturated rings. The molecule has 0 spiro atoms. The average molecular weight is 396 g/mol. The van der Waals surface area contributed by atoms with Crippen LogP contribution in [-0.2, 0) is 4.79 Å². The number of carbonyl (C=O) groups excluding carboxylic acids is 1. The summed E-state index contributed by atoms with van der Waals surface area (Å²) in [6.07, 6.45) is 2.35. The van der Waals surface area contributed by atoms with Gasteiger partial charge in [0.05, 0.1) is 0 Å². The van der Waals surface area contributed by atoms with Crippen LogP contribution in [0.4, 0.5) is 5.13 Å². The second-order valence-electron chi connectivity index (χ2n) is 5.89. The number of rotatable bonds is 6. The lowest BCUT2D eigenvalue weighted by Gasteiger charge is -2.14. The molecule has 1 aromatic heterocycles. The minimum Gasteiger partial charge on any atom is -0.483 e. The maximum absolute atomic E-state index is 12.0. The van der Waals surface area contributed by atoms with Gasteiger partial charge in [0.25, 0.3) is 5.91 Å². The fraction of sp³-hybridized carbons (Fsp3) is 0.438. The third-order valence-electron chi connectivity index (χ3n) is 3.57. The van der Waals surface area contributed by atoms with Gasteiger partial charge < -0.3 is 4.74 Å². The number of ether oxygens (including phenoxy) is 1. The summed E-state index contributed by atoms with van der Waals surface area (Å²) in [4.78, 5) is 12.0. The summed E-state index contributed by atoms with van der Waals surface area (Å²) in [5, 5.41) is 12.4. The fourth-order valence-electron chi connectivity index (χ4n) is 2.18. The predicted molar refractivity (Wildman–Crippen MR) is 94.2 cm³/mol. The Balaban J connectivity index is 1.58. The first-order chi connectivity index (χ1) is 11.0. The molecule has 1 aliphatic rings. The van der Waals surface area contributed by atoms with Crippen molar-refractivity contribution in [3.8, 4) is 5.75 Å². The highest BCUT2D eigenvalue weighted by Gasteiger charge is 2.27. The van der Waals surface area contributed by atoms with Gasteiger partial charge in [-0.15, -0.1) is 10.2 Å². The monoisotopic (exact) mass is 395 g/mol. The van der Waals surface area contributed by atoms with Gasteiger partial charge in [-0.05, 0) is 42.5 Å². The molecule has 0 atom stereocenters. The van der Waals surface area contributed by atoms with E-state index in [1.165, 1.54) is 24.2 Å². The van der Waals surface area contributed by atoms with E-state index < -0.39 is 0 Å². The van der Waals surface area contributed by atoms with Crippen LogP contribution in [0.2, 0.25) is 0 Å². The number of aromatic nitrogens is 2. The number of carbonyl (C=O) groups is 1. The Hall–Kier alpha value is -1.47. The zero-order chi connectivity index (χ0) is 16.4. The van der Waals surface area contributed by atoms with Crippen LogP contribution in [-0.4, -0.2) is 22.7 Å². The van der Waals surface area contributed by atoms with E-state index in [9.17, 15) is 4.79 Å². The van der Waals surface area contributed by atoms with Gasteiger partial charge in [-0.3, -0.25) is 10.1 Å². The molecule has 5 nitrogen and oxygen atoms in total. The number of halogens is 1. The van der Waals surface area contributed by atoms with Crippen molar-refractivity contribution in [1.29, 1.82) is 0 Å². The minimum atomic E-state index is -0.221. The molecule has 0 aliphatic heterocycles. The Morgan fingerprint density at radius 3 is 2.91 bits per heavy atom. The second-order valence-corrected chi connectivity index (χ2v) is 7.82. The highest BCUT2D eigenvalue weighted by Crippen LogP contribution is 2.42. The van der Waals surface area contributed by atoms with Crippen LogP contribution in [0.25, 0.3) is 0 Å². The van der Waals surface area contributed by atoms with E-state index in [4.69, 9.17) is 4.74 Å². The Morgan fingerprint density at radius 2 is 2.22 bits per heavy atom. The topological polar surface area (TPSA) is 64.1 Å². The highest BCUT2D eigenvalue weighted by atomic mass is 79.9.